The fraction of sp³-hybridized carbons (Fsp3) is 0.737. The van der Waals surface area contributed by atoms with Gasteiger partial charge >= 0.3 is 0 Å². The molecule has 1 heterocycles. The lowest BCUT2D eigenvalue weighted by Gasteiger charge is -2.57. The van der Waals surface area contributed by atoms with E-state index in [1.807, 2.05) is 6.08 Å². The van der Waals surface area contributed by atoms with Crippen molar-refractivity contribution in [2.75, 3.05) is 13.2 Å². The predicted molar refractivity (Wildman–Crippen MR) is 82.8 cm³/mol. The number of carbonyl (C=O) groups excluding carboxylic acids is 1. The first kappa shape index (κ1) is 13.8. The first-order valence-corrected chi connectivity index (χ1v) is 8.45. The smallest absolute Gasteiger partial charge is 0.156 e. The topological polar surface area (TPSA) is 26.3 Å². The molecule has 0 bridgehead atoms. The van der Waals surface area contributed by atoms with Crippen LogP contribution >= 0.6 is 0 Å². The molecule has 2 saturated carbocycles. The highest BCUT2D eigenvalue weighted by Crippen LogP contribution is 2.63. The van der Waals surface area contributed by atoms with E-state index in [1.54, 1.807) is 0 Å². The molecular formula is C19H26O2. The molecule has 0 amide bonds. The van der Waals surface area contributed by atoms with E-state index < -0.39 is 0 Å². The van der Waals surface area contributed by atoms with Crippen molar-refractivity contribution in [1.29, 1.82) is 0 Å². The van der Waals surface area contributed by atoms with E-state index in [0.29, 0.717) is 29.0 Å². The second kappa shape index (κ2) is 4.32. The van der Waals surface area contributed by atoms with Crippen molar-refractivity contribution in [2.24, 2.45) is 28.6 Å². The molecule has 0 aromatic carbocycles. The van der Waals surface area contributed by atoms with Crippen LogP contribution in [0.15, 0.2) is 23.8 Å². The molecule has 0 radical (unpaired) electrons. The summed E-state index contributed by atoms with van der Waals surface area (Å²) in [5.41, 5.74) is 3.06. The molecule has 0 unspecified atom stereocenters. The minimum atomic E-state index is 0.178. The van der Waals surface area contributed by atoms with E-state index in [1.165, 1.54) is 24.0 Å². The zero-order valence-electron chi connectivity index (χ0n) is 13.3. The standard InChI is InChI=1S/C19H26O2/c1-12-8-14-15(5-6-18(2)11-21-10-17(14)18)19(3)7-4-13(20)9-16(12)19/h9,14-15,17H,1,4-8,10-11H2,2-3H3/t14-,15+,17+,18-,19-/m1/s1. The van der Waals surface area contributed by atoms with Crippen LogP contribution in [0.4, 0.5) is 0 Å². The molecule has 1 aliphatic heterocycles. The van der Waals surface area contributed by atoms with E-state index in [-0.39, 0.29) is 5.41 Å². The molecule has 4 aliphatic rings. The van der Waals surface area contributed by atoms with E-state index in [2.05, 4.69) is 20.4 Å². The van der Waals surface area contributed by atoms with Gasteiger partial charge in [-0.2, -0.15) is 0 Å². The monoisotopic (exact) mass is 286 g/mol. The van der Waals surface area contributed by atoms with Crippen LogP contribution < -0.4 is 0 Å². The molecule has 3 aliphatic carbocycles. The Labute approximate surface area is 127 Å². The van der Waals surface area contributed by atoms with Gasteiger partial charge in [0.2, 0.25) is 0 Å². The van der Waals surface area contributed by atoms with Crippen molar-refractivity contribution >= 4 is 5.78 Å². The second-order valence-corrected chi connectivity index (χ2v) is 8.33. The van der Waals surface area contributed by atoms with E-state index >= 15 is 0 Å². The third-order valence-electron chi connectivity index (χ3n) is 7.18. The van der Waals surface area contributed by atoms with Crippen molar-refractivity contribution in [3.8, 4) is 0 Å². The van der Waals surface area contributed by atoms with Crippen LogP contribution in [-0.2, 0) is 9.53 Å². The van der Waals surface area contributed by atoms with E-state index in [4.69, 9.17) is 4.74 Å². The summed E-state index contributed by atoms with van der Waals surface area (Å²) >= 11 is 0. The Bertz CT molecular complexity index is 546. The fourth-order valence-corrected chi connectivity index (χ4v) is 5.88. The van der Waals surface area contributed by atoms with Gasteiger partial charge in [0.1, 0.15) is 0 Å². The Morgan fingerprint density at radius 2 is 2.10 bits per heavy atom. The van der Waals surface area contributed by atoms with Gasteiger partial charge in [0.05, 0.1) is 13.2 Å². The molecule has 2 nitrogen and oxygen atoms in total. The molecule has 0 N–H and O–H groups in total. The molecule has 114 valence electrons. The number of hydrogen-bond acceptors (Lipinski definition) is 2. The van der Waals surface area contributed by atoms with Crippen LogP contribution in [0.3, 0.4) is 0 Å². The Kier molecular flexibility index (Phi) is 2.83. The van der Waals surface area contributed by atoms with Gasteiger partial charge < -0.3 is 4.74 Å². The Hall–Kier alpha value is -0.890. The zero-order valence-corrected chi connectivity index (χ0v) is 13.3. The molecule has 4 rings (SSSR count). The van der Waals surface area contributed by atoms with Crippen LogP contribution in [0.25, 0.3) is 0 Å². The fourth-order valence-electron chi connectivity index (χ4n) is 5.88. The van der Waals surface area contributed by atoms with Gasteiger partial charge in [0.25, 0.3) is 0 Å². The van der Waals surface area contributed by atoms with Crippen molar-refractivity contribution in [3.05, 3.63) is 23.8 Å². The summed E-state index contributed by atoms with van der Waals surface area (Å²) in [6, 6.07) is 0. The van der Waals surface area contributed by atoms with Crippen LogP contribution in [0.5, 0.6) is 0 Å². The Morgan fingerprint density at radius 3 is 2.90 bits per heavy atom. The summed E-state index contributed by atoms with van der Waals surface area (Å²) in [6.45, 7) is 11.0. The number of fused-ring (bicyclic) bond motifs is 5. The summed E-state index contributed by atoms with van der Waals surface area (Å²) in [4.78, 5) is 11.9. The quantitative estimate of drug-likeness (QED) is 0.674. The summed E-state index contributed by atoms with van der Waals surface area (Å²) in [5, 5.41) is 0. The van der Waals surface area contributed by atoms with E-state index in [9.17, 15) is 4.79 Å². The number of rotatable bonds is 0. The van der Waals surface area contributed by atoms with Crippen molar-refractivity contribution in [3.63, 3.8) is 0 Å². The van der Waals surface area contributed by atoms with Crippen LogP contribution in [0, 0.1) is 28.6 Å². The summed E-state index contributed by atoms with van der Waals surface area (Å²) < 4.78 is 5.87. The number of allylic oxidation sites excluding steroid dienone is 3. The summed E-state index contributed by atoms with van der Waals surface area (Å²) in [6.07, 6.45) is 7.29. The molecule has 0 aromatic rings. The van der Waals surface area contributed by atoms with E-state index in [0.717, 1.165) is 32.5 Å². The maximum Gasteiger partial charge on any atom is 0.156 e. The number of ether oxygens (including phenoxy) is 1. The Balaban J connectivity index is 1.75. The predicted octanol–water partition coefficient (Wildman–Crippen LogP) is 3.92. The molecule has 1 saturated heterocycles. The second-order valence-electron chi connectivity index (χ2n) is 8.33. The van der Waals surface area contributed by atoms with Crippen molar-refractivity contribution < 1.29 is 9.53 Å². The minimum absolute atomic E-state index is 0.178. The van der Waals surface area contributed by atoms with Crippen molar-refractivity contribution in [1.82, 2.24) is 0 Å². The summed E-state index contributed by atoms with van der Waals surface area (Å²) in [5.74, 6) is 2.40. The molecular weight excluding hydrogens is 260 g/mol. The lowest BCUT2D eigenvalue weighted by Crippen LogP contribution is -2.50. The number of hydrogen-bond donors (Lipinski definition) is 0. The van der Waals surface area contributed by atoms with Crippen LogP contribution in [0.1, 0.15) is 46.0 Å². The highest BCUT2D eigenvalue weighted by Gasteiger charge is 2.57. The van der Waals surface area contributed by atoms with Gasteiger partial charge in [-0.05, 0) is 65.9 Å². The van der Waals surface area contributed by atoms with Gasteiger partial charge in [0, 0.05) is 6.42 Å². The molecule has 0 spiro atoms. The van der Waals surface area contributed by atoms with Crippen LogP contribution in [0.2, 0.25) is 0 Å². The molecule has 5 atom stereocenters. The third kappa shape index (κ3) is 1.78. The SMILES string of the molecule is C=C1C[C@H]2[C@@H]3COC[C@@]3(C)CC[C@@H]2[C@@]2(C)CCC(=O)C=C12. The third-order valence-corrected chi connectivity index (χ3v) is 7.18. The van der Waals surface area contributed by atoms with Gasteiger partial charge in [-0.1, -0.05) is 26.0 Å². The first-order chi connectivity index (χ1) is 9.94. The minimum Gasteiger partial charge on any atom is -0.381 e. The van der Waals surface area contributed by atoms with Crippen LogP contribution in [-0.4, -0.2) is 19.0 Å². The number of carbonyl (C=O) groups is 1. The molecule has 3 fully saturated rings. The average Bonchev–Trinajstić information content (AvgIpc) is 2.83. The summed E-state index contributed by atoms with van der Waals surface area (Å²) in [7, 11) is 0. The maximum absolute atomic E-state index is 11.9. The first-order valence-electron chi connectivity index (χ1n) is 8.45. The van der Waals surface area contributed by atoms with Crippen molar-refractivity contribution in [2.45, 2.75) is 46.0 Å². The lowest BCUT2D eigenvalue weighted by molar-refractivity contribution is -0.116. The normalized spacial score (nSPS) is 49.2. The Morgan fingerprint density at radius 1 is 1.29 bits per heavy atom. The number of ketones is 1. The largest absolute Gasteiger partial charge is 0.381 e. The van der Waals surface area contributed by atoms with Gasteiger partial charge in [-0.25, -0.2) is 0 Å². The van der Waals surface area contributed by atoms with Gasteiger partial charge in [-0.3, -0.25) is 4.79 Å². The lowest BCUT2D eigenvalue weighted by atomic mass is 9.47. The molecule has 2 heteroatoms. The highest BCUT2D eigenvalue weighted by molar-refractivity contribution is 5.92. The maximum atomic E-state index is 11.9. The zero-order chi connectivity index (χ0) is 14.8. The highest BCUT2D eigenvalue weighted by atomic mass is 16.5. The molecule has 0 aromatic heterocycles. The van der Waals surface area contributed by atoms with Gasteiger partial charge in [0.15, 0.2) is 5.78 Å². The van der Waals surface area contributed by atoms with Gasteiger partial charge in [-0.15, -0.1) is 0 Å². The average molecular weight is 286 g/mol. The molecule has 21 heavy (non-hydrogen) atoms.